The van der Waals surface area contributed by atoms with Crippen LogP contribution in [-0.2, 0) is 10.0 Å². The fourth-order valence-corrected chi connectivity index (χ4v) is 4.73. The molecule has 8 heteroatoms. The third kappa shape index (κ3) is 3.90. The average molecular weight is 449 g/mol. The van der Waals surface area contributed by atoms with Gasteiger partial charge in [0.2, 0.25) is 15.9 Å². The number of benzene rings is 2. The normalized spacial score (nSPS) is 11.5. The predicted octanol–water partition coefficient (Wildman–Crippen LogP) is 4.39. The van der Waals surface area contributed by atoms with E-state index < -0.39 is 10.0 Å². The van der Waals surface area contributed by atoms with Crippen LogP contribution in [0.5, 0.6) is 5.88 Å². The summed E-state index contributed by atoms with van der Waals surface area (Å²) in [6.45, 7) is 5.66. The van der Waals surface area contributed by atoms with Crippen molar-refractivity contribution >= 4 is 10.0 Å². The highest BCUT2D eigenvalue weighted by atomic mass is 32.2. The molecule has 2 heterocycles. The molecule has 0 aliphatic heterocycles. The first-order chi connectivity index (χ1) is 15.2. The van der Waals surface area contributed by atoms with Gasteiger partial charge >= 0.3 is 0 Å². The molecule has 0 radical (unpaired) electrons. The van der Waals surface area contributed by atoms with Crippen molar-refractivity contribution in [2.24, 2.45) is 5.14 Å². The van der Waals surface area contributed by atoms with Crippen molar-refractivity contribution in [3.63, 3.8) is 0 Å². The van der Waals surface area contributed by atoms with Gasteiger partial charge in [-0.05, 0) is 60.7 Å². The molecule has 2 aromatic carbocycles. The van der Waals surface area contributed by atoms with Gasteiger partial charge in [-0.15, -0.1) is 0 Å². The summed E-state index contributed by atoms with van der Waals surface area (Å²) >= 11 is 0. The quantitative estimate of drug-likeness (QED) is 0.470. The number of rotatable bonds is 5. The van der Waals surface area contributed by atoms with E-state index >= 15 is 0 Å². The number of nitrogens with two attached hydrogens (primary N) is 1. The summed E-state index contributed by atoms with van der Waals surface area (Å²) in [5.41, 5.74) is 8.19. The molecule has 0 fully saturated rings. The van der Waals surface area contributed by atoms with E-state index in [1.807, 2.05) is 50.2 Å². The zero-order chi connectivity index (χ0) is 23.0. The molecule has 0 aliphatic rings. The van der Waals surface area contributed by atoms with E-state index in [1.54, 1.807) is 32.4 Å². The summed E-state index contributed by atoms with van der Waals surface area (Å²) in [6.07, 6.45) is 1.70. The van der Waals surface area contributed by atoms with Crippen molar-refractivity contribution in [3.8, 4) is 39.4 Å². The Morgan fingerprint density at radius 3 is 2.25 bits per heavy atom. The van der Waals surface area contributed by atoms with Crippen molar-refractivity contribution in [1.29, 1.82) is 0 Å². The molecule has 0 bridgehead atoms. The van der Waals surface area contributed by atoms with E-state index in [0.29, 0.717) is 11.4 Å². The van der Waals surface area contributed by atoms with Crippen molar-refractivity contribution in [2.45, 2.75) is 25.7 Å². The highest BCUT2D eigenvalue weighted by molar-refractivity contribution is 7.89. The van der Waals surface area contributed by atoms with Gasteiger partial charge in [0.05, 0.1) is 12.0 Å². The van der Waals surface area contributed by atoms with Crippen LogP contribution in [0.25, 0.3) is 33.5 Å². The molecule has 0 saturated heterocycles. The van der Waals surface area contributed by atoms with Crippen LogP contribution >= 0.6 is 0 Å². The van der Waals surface area contributed by atoms with Gasteiger partial charge in [-0.1, -0.05) is 30.3 Å². The first-order valence-electron chi connectivity index (χ1n) is 10.00. The van der Waals surface area contributed by atoms with Gasteiger partial charge in [0.1, 0.15) is 5.69 Å². The highest BCUT2D eigenvalue weighted by Crippen LogP contribution is 2.36. The Bertz CT molecular complexity index is 1410. The molecular formula is C24H24N4O3S. The average Bonchev–Trinajstić information content (AvgIpc) is 3.16. The molecule has 7 nitrogen and oxygen atoms in total. The number of sulfonamides is 1. The van der Waals surface area contributed by atoms with E-state index in [1.165, 1.54) is 0 Å². The first-order valence-corrected chi connectivity index (χ1v) is 11.5. The minimum Gasteiger partial charge on any atom is -0.481 e. The van der Waals surface area contributed by atoms with Crippen molar-refractivity contribution in [1.82, 2.24) is 15.2 Å². The van der Waals surface area contributed by atoms with Crippen LogP contribution < -0.4 is 9.88 Å². The van der Waals surface area contributed by atoms with E-state index in [-0.39, 0.29) is 4.90 Å². The lowest BCUT2D eigenvalue weighted by molar-refractivity contribution is 0.398. The topological polar surface area (TPSA) is 111 Å². The molecule has 0 spiro atoms. The SMILES string of the molecule is COc1cc(-c2n[nH]c(C)c2-c2ccc(-c3ccc(S(N)(=O)=O)c(C)c3C)cc2)ccn1. The summed E-state index contributed by atoms with van der Waals surface area (Å²) in [5, 5.41) is 12.9. The summed E-state index contributed by atoms with van der Waals surface area (Å²) in [4.78, 5) is 4.32. The number of aryl methyl sites for hydroxylation is 1. The Hall–Kier alpha value is -3.49. The van der Waals surface area contributed by atoms with Crippen LogP contribution in [0.2, 0.25) is 0 Å². The van der Waals surface area contributed by atoms with Crippen molar-refractivity contribution < 1.29 is 13.2 Å². The molecule has 2 aromatic heterocycles. The number of primary sulfonamides is 1. The van der Waals surface area contributed by atoms with Crippen LogP contribution in [0.4, 0.5) is 0 Å². The van der Waals surface area contributed by atoms with E-state index in [2.05, 4.69) is 15.2 Å². The number of aromatic amines is 1. The zero-order valence-corrected chi connectivity index (χ0v) is 19.1. The molecule has 4 rings (SSSR count). The number of hydrogen-bond donors (Lipinski definition) is 2. The van der Waals surface area contributed by atoms with Gasteiger partial charge in [-0.25, -0.2) is 18.5 Å². The maximum Gasteiger partial charge on any atom is 0.238 e. The lowest BCUT2D eigenvalue weighted by Gasteiger charge is -2.13. The summed E-state index contributed by atoms with van der Waals surface area (Å²) in [7, 11) is -2.17. The van der Waals surface area contributed by atoms with Gasteiger partial charge in [0.25, 0.3) is 0 Å². The molecule has 0 atom stereocenters. The minimum absolute atomic E-state index is 0.154. The van der Waals surface area contributed by atoms with Crippen LogP contribution in [0, 0.1) is 20.8 Å². The Morgan fingerprint density at radius 1 is 0.906 bits per heavy atom. The lowest BCUT2D eigenvalue weighted by atomic mass is 9.94. The maximum absolute atomic E-state index is 11.8. The number of nitrogens with zero attached hydrogens (tertiary/aromatic N) is 2. The van der Waals surface area contributed by atoms with E-state index in [9.17, 15) is 8.42 Å². The zero-order valence-electron chi connectivity index (χ0n) is 18.3. The van der Waals surface area contributed by atoms with Crippen LogP contribution in [0.15, 0.2) is 59.6 Å². The Kier molecular flexibility index (Phi) is 5.58. The summed E-state index contributed by atoms with van der Waals surface area (Å²) < 4.78 is 28.9. The third-order valence-corrected chi connectivity index (χ3v) is 6.75. The first kappa shape index (κ1) is 21.7. The number of H-pyrrole nitrogens is 1. The molecule has 0 aliphatic carbocycles. The monoisotopic (exact) mass is 448 g/mol. The van der Waals surface area contributed by atoms with Crippen LogP contribution in [-0.4, -0.2) is 30.7 Å². The van der Waals surface area contributed by atoms with E-state index in [0.717, 1.165) is 44.8 Å². The van der Waals surface area contributed by atoms with E-state index in [4.69, 9.17) is 9.88 Å². The molecule has 3 N–H and O–H groups in total. The number of hydrogen-bond acceptors (Lipinski definition) is 5. The van der Waals surface area contributed by atoms with Gasteiger partial charge in [-0.3, -0.25) is 5.10 Å². The largest absolute Gasteiger partial charge is 0.481 e. The van der Waals surface area contributed by atoms with Gasteiger partial charge in [-0.2, -0.15) is 5.10 Å². The second kappa shape index (κ2) is 8.22. The molecule has 4 aromatic rings. The molecule has 0 saturated carbocycles. The van der Waals surface area contributed by atoms with Crippen molar-refractivity contribution in [3.05, 3.63) is 71.5 Å². The van der Waals surface area contributed by atoms with Gasteiger partial charge in [0.15, 0.2) is 0 Å². The number of pyridine rings is 1. The number of methoxy groups -OCH3 is 1. The Morgan fingerprint density at radius 2 is 1.59 bits per heavy atom. The summed E-state index contributed by atoms with van der Waals surface area (Å²) in [6, 6.07) is 15.2. The Balaban J connectivity index is 1.75. The third-order valence-electron chi connectivity index (χ3n) is 5.69. The van der Waals surface area contributed by atoms with Crippen LogP contribution in [0.1, 0.15) is 16.8 Å². The smallest absolute Gasteiger partial charge is 0.238 e. The van der Waals surface area contributed by atoms with Crippen molar-refractivity contribution in [2.75, 3.05) is 7.11 Å². The molecule has 0 amide bonds. The molecule has 164 valence electrons. The number of nitrogens with one attached hydrogen (secondary N) is 1. The molecular weight excluding hydrogens is 424 g/mol. The fourth-order valence-electron chi connectivity index (χ4n) is 3.89. The maximum atomic E-state index is 11.8. The van der Waals surface area contributed by atoms with Gasteiger partial charge < -0.3 is 4.74 Å². The second-order valence-corrected chi connectivity index (χ2v) is 9.17. The highest BCUT2D eigenvalue weighted by Gasteiger charge is 2.17. The van der Waals surface area contributed by atoms with Gasteiger partial charge in [0, 0.05) is 29.1 Å². The second-order valence-electron chi connectivity index (χ2n) is 7.64. The molecule has 32 heavy (non-hydrogen) atoms. The predicted molar refractivity (Wildman–Crippen MR) is 125 cm³/mol. The lowest BCUT2D eigenvalue weighted by Crippen LogP contribution is -2.14. The Labute approximate surface area is 187 Å². The molecule has 0 unspecified atom stereocenters. The summed E-state index contributed by atoms with van der Waals surface area (Å²) in [5.74, 6) is 0.526. The van der Waals surface area contributed by atoms with Crippen LogP contribution in [0.3, 0.4) is 0 Å². The number of ether oxygens (including phenoxy) is 1. The fraction of sp³-hybridized carbons (Fsp3) is 0.167. The minimum atomic E-state index is -3.76. The standard InChI is InChI=1S/C24H24N4O3S/c1-14-15(2)21(32(25,29)30)10-9-20(14)17-5-7-18(8-6-17)23-16(3)27-28-24(23)19-11-12-26-22(13-19)31-4/h5-13H,1-4H3,(H,27,28)(H2,25,29,30). The number of aromatic nitrogens is 3.